The number of para-hydroxylation sites is 1. The molecule has 8 rings (SSSR count). The number of hydrogen-bond acceptors (Lipinski definition) is 2. The van der Waals surface area contributed by atoms with Crippen LogP contribution in [-0.2, 0) is 5.41 Å². The van der Waals surface area contributed by atoms with Gasteiger partial charge in [0.25, 0.3) is 0 Å². The molecule has 0 unspecified atom stereocenters. The number of aromatic nitrogens is 2. The van der Waals surface area contributed by atoms with Gasteiger partial charge in [-0.15, -0.1) is 0 Å². The van der Waals surface area contributed by atoms with Crippen molar-refractivity contribution in [2.45, 2.75) is 19.3 Å². The van der Waals surface area contributed by atoms with Crippen LogP contribution in [0.3, 0.4) is 0 Å². The van der Waals surface area contributed by atoms with E-state index in [1.807, 2.05) is 12.1 Å². The molecule has 3 nitrogen and oxygen atoms in total. The summed E-state index contributed by atoms with van der Waals surface area (Å²) < 4.78 is 2.42. The van der Waals surface area contributed by atoms with E-state index in [1.165, 1.54) is 44.1 Å². The molecule has 0 fully saturated rings. The van der Waals surface area contributed by atoms with Gasteiger partial charge in [-0.05, 0) is 87.0 Å². The number of benzene rings is 5. The van der Waals surface area contributed by atoms with Gasteiger partial charge in [-0.3, -0.25) is 0 Å². The highest BCUT2D eigenvalue weighted by molar-refractivity contribution is 6.14. The van der Waals surface area contributed by atoms with Crippen LogP contribution < -0.4 is 0 Å². The van der Waals surface area contributed by atoms with Crippen LogP contribution >= 0.6 is 0 Å². The summed E-state index contributed by atoms with van der Waals surface area (Å²) in [6.45, 7) is 4.72. The van der Waals surface area contributed by atoms with Crippen LogP contribution in [0.5, 0.6) is 0 Å². The Morgan fingerprint density at radius 2 is 1.36 bits per heavy atom. The first kappa shape index (κ1) is 24.3. The van der Waals surface area contributed by atoms with Gasteiger partial charge in [0.05, 0.1) is 11.0 Å². The smallest absolute Gasteiger partial charge is 0.141 e. The van der Waals surface area contributed by atoms with Crippen molar-refractivity contribution in [2.24, 2.45) is 0 Å². The first-order chi connectivity index (χ1) is 20.5. The first-order valence-electron chi connectivity index (χ1n) is 14.3. The Balaban J connectivity index is 1.33. The molecule has 0 saturated carbocycles. The second kappa shape index (κ2) is 9.03. The van der Waals surface area contributed by atoms with E-state index < -0.39 is 0 Å². The van der Waals surface area contributed by atoms with E-state index in [-0.39, 0.29) is 5.41 Å². The topological polar surface area (TPSA) is 41.6 Å². The molecule has 198 valence electrons. The predicted molar refractivity (Wildman–Crippen MR) is 172 cm³/mol. The van der Waals surface area contributed by atoms with Crippen LogP contribution in [0.25, 0.3) is 60.9 Å². The van der Waals surface area contributed by atoms with Crippen molar-refractivity contribution in [3.63, 3.8) is 0 Å². The van der Waals surface area contributed by atoms with Crippen LogP contribution in [-0.4, -0.2) is 9.55 Å². The summed E-state index contributed by atoms with van der Waals surface area (Å²) in [5, 5.41) is 11.9. The van der Waals surface area contributed by atoms with Crippen LogP contribution in [0.1, 0.15) is 30.7 Å². The van der Waals surface area contributed by atoms with E-state index in [2.05, 4.69) is 139 Å². The molecular weight excluding hydrogens is 510 g/mol. The third-order valence-electron chi connectivity index (χ3n) is 8.86. The lowest BCUT2D eigenvalue weighted by molar-refractivity contribution is 0.666. The Morgan fingerprint density at radius 3 is 2.19 bits per heavy atom. The Kier molecular flexibility index (Phi) is 5.23. The maximum atomic E-state index is 9.32. The zero-order valence-electron chi connectivity index (χ0n) is 23.5. The lowest BCUT2D eigenvalue weighted by atomic mass is 9.80. The molecule has 5 aromatic carbocycles. The average Bonchev–Trinajstić information content (AvgIpc) is 3.50. The molecule has 3 heteroatoms. The summed E-state index contributed by atoms with van der Waals surface area (Å²) in [5.74, 6) is 0. The van der Waals surface area contributed by atoms with Gasteiger partial charge in [0, 0.05) is 28.1 Å². The van der Waals surface area contributed by atoms with E-state index in [4.69, 9.17) is 0 Å². The van der Waals surface area contributed by atoms with E-state index in [0.717, 1.165) is 27.9 Å². The summed E-state index contributed by atoms with van der Waals surface area (Å²) in [6, 6.07) is 45.5. The number of nitriles is 1. The summed E-state index contributed by atoms with van der Waals surface area (Å²) in [7, 11) is 0. The normalized spacial score (nSPS) is 13.2. The zero-order valence-corrected chi connectivity index (χ0v) is 23.5. The van der Waals surface area contributed by atoms with E-state index in [1.54, 1.807) is 6.20 Å². The molecule has 0 saturated heterocycles. The van der Waals surface area contributed by atoms with Gasteiger partial charge in [0.1, 0.15) is 11.8 Å². The number of hydrogen-bond donors (Lipinski definition) is 0. The minimum Gasteiger partial charge on any atom is -0.309 e. The number of nitrogens with zero attached hydrogens (tertiary/aromatic N) is 3. The molecule has 0 N–H and O–H groups in total. The summed E-state index contributed by atoms with van der Waals surface area (Å²) in [5.41, 5.74) is 13.7. The summed E-state index contributed by atoms with van der Waals surface area (Å²) in [6.07, 6.45) is 1.69. The fourth-order valence-corrected chi connectivity index (χ4v) is 6.98. The molecule has 0 amide bonds. The van der Waals surface area contributed by atoms with Gasteiger partial charge in [0.15, 0.2) is 0 Å². The Bertz CT molecular complexity index is 2240. The molecule has 1 aliphatic rings. The Morgan fingerprint density at radius 1 is 0.643 bits per heavy atom. The minimum atomic E-state index is -0.0962. The van der Waals surface area contributed by atoms with E-state index >= 15 is 0 Å². The van der Waals surface area contributed by atoms with Crippen molar-refractivity contribution in [2.75, 3.05) is 0 Å². The number of rotatable bonds is 3. The molecule has 42 heavy (non-hydrogen) atoms. The largest absolute Gasteiger partial charge is 0.309 e. The van der Waals surface area contributed by atoms with Crippen LogP contribution in [0.4, 0.5) is 0 Å². The monoisotopic (exact) mass is 537 g/mol. The van der Waals surface area contributed by atoms with Gasteiger partial charge in [0.2, 0.25) is 0 Å². The first-order valence-corrected chi connectivity index (χ1v) is 14.3. The van der Waals surface area contributed by atoms with Crippen molar-refractivity contribution in [1.82, 2.24) is 9.55 Å². The molecule has 7 aromatic rings. The Hall–Kier alpha value is -5.46. The third kappa shape index (κ3) is 3.49. The predicted octanol–water partition coefficient (Wildman–Crippen LogP) is 9.69. The maximum Gasteiger partial charge on any atom is 0.141 e. The highest BCUT2D eigenvalue weighted by Crippen LogP contribution is 2.53. The van der Waals surface area contributed by atoms with Crippen LogP contribution in [0.15, 0.2) is 128 Å². The van der Waals surface area contributed by atoms with Crippen molar-refractivity contribution in [3.8, 4) is 45.1 Å². The van der Waals surface area contributed by atoms with Gasteiger partial charge >= 0.3 is 0 Å². The molecule has 2 heterocycles. The average molecular weight is 538 g/mol. The van der Waals surface area contributed by atoms with Gasteiger partial charge < -0.3 is 4.57 Å². The minimum absolute atomic E-state index is 0.0962. The molecule has 0 radical (unpaired) electrons. The quantitative estimate of drug-likeness (QED) is 0.225. The molecule has 0 aliphatic heterocycles. The number of pyridine rings is 1. The van der Waals surface area contributed by atoms with Crippen molar-refractivity contribution < 1.29 is 0 Å². The molecule has 0 bridgehead atoms. The van der Waals surface area contributed by atoms with Crippen LogP contribution in [0.2, 0.25) is 0 Å². The second-order valence-electron chi connectivity index (χ2n) is 11.6. The molecule has 1 aliphatic carbocycles. The second-order valence-corrected chi connectivity index (χ2v) is 11.6. The molecule has 0 atom stereocenters. The number of fused-ring (bicyclic) bond motifs is 7. The molecular formula is C39H27N3. The SMILES string of the molecule is CC1(C)c2ccccc2-c2ccc3c(c21)c1ccccc1n3-c1cccc(-c2cccc(-c3ccnc(C#N)c3)c2)c1. The van der Waals surface area contributed by atoms with E-state index in [0.29, 0.717) is 5.69 Å². The molecule has 0 spiro atoms. The van der Waals surface area contributed by atoms with Gasteiger partial charge in [-0.1, -0.05) is 92.7 Å². The highest BCUT2D eigenvalue weighted by Gasteiger charge is 2.37. The van der Waals surface area contributed by atoms with Crippen LogP contribution in [0, 0.1) is 11.3 Å². The van der Waals surface area contributed by atoms with Crippen molar-refractivity contribution in [3.05, 3.63) is 144 Å². The van der Waals surface area contributed by atoms with Crippen molar-refractivity contribution in [1.29, 1.82) is 5.26 Å². The van der Waals surface area contributed by atoms with Crippen molar-refractivity contribution >= 4 is 21.8 Å². The third-order valence-corrected chi connectivity index (χ3v) is 8.86. The molecule has 2 aromatic heterocycles. The highest BCUT2D eigenvalue weighted by atomic mass is 15.0. The van der Waals surface area contributed by atoms with E-state index in [9.17, 15) is 5.26 Å². The van der Waals surface area contributed by atoms with Gasteiger partial charge in [-0.2, -0.15) is 5.26 Å². The maximum absolute atomic E-state index is 9.32. The lowest BCUT2D eigenvalue weighted by Crippen LogP contribution is -2.15. The fourth-order valence-electron chi connectivity index (χ4n) is 6.98. The fraction of sp³-hybridized carbons (Fsp3) is 0.0769. The lowest BCUT2D eigenvalue weighted by Gasteiger charge is -2.22. The standard InChI is InChI=1S/C39H27N3/c1-39(2)34-15-5-3-13-31(34)32-17-18-36-37(38(32)39)33-14-4-6-16-35(33)42(36)30-12-8-11-27(23-30)25-9-7-10-26(21-25)28-19-20-41-29(22-28)24-40/h3-23H,1-2H3. The summed E-state index contributed by atoms with van der Waals surface area (Å²) in [4.78, 5) is 4.13. The Labute approximate surface area is 245 Å². The zero-order chi connectivity index (χ0) is 28.4. The summed E-state index contributed by atoms with van der Waals surface area (Å²) >= 11 is 0. The van der Waals surface area contributed by atoms with Gasteiger partial charge in [-0.25, -0.2) is 4.98 Å².